The Balaban J connectivity index is 1.62. The fraction of sp³-hybridized carbons (Fsp3) is 0.294. The molecule has 3 aromatic rings. The molecule has 1 unspecified atom stereocenters. The van der Waals surface area contributed by atoms with Crippen LogP contribution < -0.4 is 10.6 Å². The number of carbonyl (C=O) groups is 1. The molecule has 8 nitrogen and oxygen atoms in total. The van der Waals surface area contributed by atoms with Gasteiger partial charge in [0.05, 0.1) is 23.5 Å². The molecule has 1 atom stereocenters. The SMILES string of the molecule is NCc1ocnc1-c1cn(C2CCCN(c3ccccc3Cl)C2=O)nn1. The van der Waals surface area contributed by atoms with Crippen molar-refractivity contribution in [2.45, 2.75) is 25.4 Å². The van der Waals surface area contributed by atoms with Crippen LogP contribution in [0, 0.1) is 0 Å². The van der Waals surface area contributed by atoms with Gasteiger partial charge in [0.2, 0.25) is 0 Å². The molecule has 0 bridgehead atoms. The molecular formula is C17H17ClN6O2. The maximum absolute atomic E-state index is 13.0. The van der Waals surface area contributed by atoms with E-state index >= 15 is 0 Å². The molecule has 0 aliphatic carbocycles. The van der Waals surface area contributed by atoms with Crippen molar-refractivity contribution in [3.05, 3.63) is 47.6 Å². The van der Waals surface area contributed by atoms with E-state index < -0.39 is 6.04 Å². The van der Waals surface area contributed by atoms with Crippen LogP contribution in [0.3, 0.4) is 0 Å². The molecule has 134 valence electrons. The number of aromatic nitrogens is 4. The molecule has 2 N–H and O–H groups in total. The molecule has 9 heteroatoms. The normalized spacial score (nSPS) is 17.7. The quantitative estimate of drug-likeness (QED) is 0.754. The van der Waals surface area contributed by atoms with Gasteiger partial charge in [0.1, 0.15) is 23.2 Å². The zero-order chi connectivity index (χ0) is 18.1. The summed E-state index contributed by atoms with van der Waals surface area (Å²) in [4.78, 5) is 18.9. The number of anilines is 1. The average Bonchev–Trinajstić information content (AvgIpc) is 3.31. The molecule has 1 aliphatic rings. The van der Waals surface area contributed by atoms with Gasteiger partial charge < -0.3 is 15.1 Å². The third kappa shape index (κ3) is 2.87. The third-order valence-electron chi connectivity index (χ3n) is 4.45. The molecule has 1 aliphatic heterocycles. The zero-order valence-electron chi connectivity index (χ0n) is 13.9. The fourth-order valence-corrected chi connectivity index (χ4v) is 3.41. The van der Waals surface area contributed by atoms with Crippen LogP contribution in [0.2, 0.25) is 5.02 Å². The van der Waals surface area contributed by atoms with Crippen LogP contribution in [0.5, 0.6) is 0 Å². The maximum atomic E-state index is 13.0. The summed E-state index contributed by atoms with van der Waals surface area (Å²) >= 11 is 6.26. The van der Waals surface area contributed by atoms with Gasteiger partial charge in [0, 0.05) is 6.54 Å². The summed E-state index contributed by atoms with van der Waals surface area (Å²) in [5, 5.41) is 8.82. The van der Waals surface area contributed by atoms with E-state index in [1.54, 1.807) is 21.8 Å². The molecule has 0 spiro atoms. The van der Waals surface area contributed by atoms with E-state index in [2.05, 4.69) is 15.3 Å². The Bertz CT molecular complexity index is 937. The second kappa shape index (κ2) is 6.89. The Labute approximate surface area is 154 Å². The van der Waals surface area contributed by atoms with Gasteiger partial charge >= 0.3 is 0 Å². The van der Waals surface area contributed by atoms with E-state index in [9.17, 15) is 4.79 Å². The monoisotopic (exact) mass is 372 g/mol. The minimum absolute atomic E-state index is 0.0556. The highest BCUT2D eigenvalue weighted by molar-refractivity contribution is 6.33. The van der Waals surface area contributed by atoms with Crippen molar-refractivity contribution in [2.24, 2.45) is 5.73 Å². The van der Waals surface area contributed by atoms with Gasteiger partial charge in [-0.3, -0.25) is 4.79 Å². The number of halogens is 1. The molecule has 1 aromatic carbocycles. The van der Waals surface area contributed by atoms with Gasteiger partial charge in [-0.25, -0.2) is 9.67 Å². The third-order valence-corrected chi connectivity index (χ3v) is 4.77. The molecule has 0 radical (unpaired) electrons. The lowest BCUT2D eigenvalue weighted by Gasteiger charge is -2.32. The van der Waals surface area contributed by atoms with Crippen LogP contribution in [-0.2, 0) is 11.3 Å². The number of rotatable bonds is 4. The lowest BCUT2D eigenvalue weighted by molar-refractivity contribution is -0.123. The number of oxazole rings is 1. The number of carbonyl (C=O) groups excluding carboxylic acids is 1. The molecule has 1 saturated heterocycles. The highest BCUT2D eigenvalue weighted by Crippen LogP contribution is 2.32. The minimum Gasteiger partial charge on any atom is -0.446 e. The summed E-state index contributed by atoms with van der Waals surface area (Å²) in [6, 6.07) is 6.90. The summed E-state index contributed by atoms with van der Waals surface area (Å²) in [6.45, 7) is 0.839. The van der Waals surface area contributed by atoms with E-state index in [-0.39, 0.29) is 12.5 Å². The number of benzene rings is 1. The van der Waals surface area contributed by atoms with Crippen molar-refractivity contribution in [3.63, 3.8) is 0 Å². The summed E-state index contributed by atoms with van der Waals surface area (Å²) < 4.78 is 6.81. The average molecular weight is 373 g/mol. The number of nitrogens with zero attached hydrogens (tertiary/aromatic N) is 5. The van der Waals surface area contributed by atoms with E-state index in [1.165, 1.54) is 6.39 Å². The lowest BCUT2D eigenvalue weighted by atomic mass is 10.0. The molecule has 1 fully saturated rings. The summed E-state index contributed by atoms with van der Waals surface area (Å²) in [5.74, 6) is 0.477. The van der Waals surface area contributed by atoms with Crippen LogP contribution in [0.15, 0.2) is 41.3 Å². The van der Waals surface area contributed by atoms with Gasteiger partial charge in [0.15, 0.2) is 6.39 Å². The topological polar surface area (TPSA) is 103 Å². The van der Waals surface area contributed by atoms with Crippen molar-refractivity contribution in [2.75, 3.05) is 11.4 Å². The maximum Gasteiger partial charge on any atom is 0.251 e. The van der Waals surface area contributed by atoms with E-state index in [4.69, 9.17) is 21.8 Å². The first-order valence-electron chi connectivity index (χ1n) is 8.29. The first kappa shape index (κ1) is 16.7. The van der Waals surface area contributed by atoms with Crippen molar-refractivity contribution in [1.82, 2.24) is 20.0 Å². The molecule has 2 aromatic heterocycles. The Kier molecular flexibility index (Phi) is 4.44. The predicted molar refractivity (Wildman–Crippen MR) is 95.5 cm³/mol. The molecule has 0 saturated carbocycles. The van der Waals surface area contributed by atoms with Crippen molar-refractivity contribution >= 4 is 23.2 Å². The highest BCUT2D eigenvalue weighted by atomic mass is 35.5. The molecule has 3 heterocycles. The van der Waals surface area contributed by atoms with E-state index in [0.29, 0.717) is 40.8 Å². The predicted octanol–water partition coefficient (Wildman–Crippen LogP) is 2.41. The smallest absolute Gasteiger partial charge is 0.251 e. The molecule has 4 rings (SSSR count). The Hall–Kier alpha value is -2.71. The first-order valence-corrected chi connectivity index (χ1v) is 8.67. The largest absolute Gasteiger partial charge is 0.446 e. The number of para-hydroxylation sites is 1. The summed E-state index contributed by atoms with van der Waals surface area (Å²) in [6.07, 6.45) is 4.55. The van der Waals surface area contributed by atoms with Gasteiger partial charge in [-0.2, -0.15) is 0 Å². The Morgan fingerprint density at radius 1 is 1.35 bits per heavy atom. The standard InChI is InChI=1S/C17H17ClN6O2/c18-11-4-1-2-5-13(11)23-7-3-6-14(17(23)25)24-9-12(21-22-24)16-15(8-19)26-10-20-16/h1-2,4-5,9-10,14H,3,6-8,19H2. The van der Waals surface area contributed by atoms with Crippen LogP contribution in [0.4, 0.5) is 5.69 Å². The van der Waals surface area contributed by atoms with Crippen molar-refractivity contribution < 1.29 is 9.21 Å². The molecule has 1 amide bonds. The molecular weight excluding hydrogens is 356 g/mol. The number of amides is 1. The minimum atomic E-state index is -0.436. The first-order chi connectivity index (χ1) is 12.7. The van der Waals surface area contributed by atoms with Gasteiger partial charge in [-0.1, -0.05) is 28.9 Å². The van der Waals surface area contributed by atoms with Gasteiger partial charge in [-0.05, 0) is 25.0 Å². The summed E-state index contributed by atoms with van der Waals surface area (Å²) in [7, 11) is 0. The van der Waals surface area contributed by atoms with Gasteiger partial charge in [0.25, 0.3) is 5.91 Å². The fourth-order valence-electron chi connectivity index (χ4n) is 3.17. The van der Waals surface area contributed by atoms with Gasteiger partial charge in [-0.15, -0.1) is 5.10 Å². The van der Waals surface area contributed by atoms with E-state index in [1.807, 2.05) is 18.2 Å². The zero-order valence-corrected chi connectivity index (χ0v) is 14.6. The second-order valence-corrected chi connectivity index (χ2v) is 6.42. The van der Waals surface area contributed by atoms with Crippen molar-refractivity contribution in [3.8, 4) is 11.4 Å². The van der Waals surface area contributed by atoms with Crippen LogP contribution in [0.25, 0.3) is 11.4 Å². The van der Waals surface area contributed by atoms with Crippen LogP contribution in [0.1, 0.15) is 24.6 Å². The Morgan fingerprint density at radius 3 is 3.00 bits per heavy atom. The lowest BCUT2D eigenvalue weighted by Crippen LogP contribution is -2.42. The number of nitrogens with two attached hydrogens (primary N) is 1. The number of hydrogen-bond donors (Lipinski definition) is 1. The molecule has 26 heavy (non-hydrogen) atoms. The second-order valence-electron chi connectivity index (χ2n) is 6.01. The number of hydrogen-bond acceptors (Lipinski definition) is 6. The van der Waals surface area contributed by atoms with E-state index in [0.717, 1.165) is 6.42 Å². The number of piperidine rings is 1. The Morgan fingerprint density at radius 2 is 2.19 bits per heavy atom. The van der Waals surface area contributed by atoms with Crippen LogP contribution in [-0.4, -0.2) is 32.4 Å². The van der Waals surface area contributed by atoms with Crippen LogP contribution >= 0.6 is 11.6 Å². The summed E-state index contributed by atoms with van der Waals surface area (Å²) in [5.41, 5.74) is 7.43. The highest BCUT2D eigenvalue weighted by Gasteiger charge is 2.33. The van der Waals surface area contributed by atoms with Crippen molar-refractivity contribution in [1.29, 1.82) is 0 Å².